The number of hydrogen-bond acceptors (Lipinski definition) is 7. The Morgan fingerprint density at radius 1 is 1.06 bits per heavy atom. The third-order valence-electron chi connectivity index (χ3n) is 4.60. The molecule has 2 aromatic carbocycles. The van der Waals surface area contributed by atoms with Gasteiger partial charge in [-0.15, -0.1) is 0 Å². The van der Waals surface area contributed by atoms with Gasteiger partial charge in [0.15, 0.2) is 6.23 Å². The van der Waals surface area contributed by atoms with Crippen molar-refractivity contribution in [3.63, 3.8) is 0 Å². The number of amides is 1. The number of esters is 1. The molecule has 0 spiro atoms. The van der Waals surface area contributed by atoms with Crippen LogP contribution in [0.3, 0.4) is 0 Å². The second-order valence-corrected chi connectivity index (χ2v) is 8.70. The number of Topliss-reactive ketones (excluding diaryl/α,β-unsaturated/α-hetero) is 1. The van der Waals surface area contributed by atoms with Crippen LogP contribution in [-0.2, 0) is 9.47 Å². The van der Waals surface area contributed by atoms with E-state index in [0.717, 1.165) is 12.1 Å². The molecule has 0 aliphatic carbocycles. The highest BCUT2D eigenvalue weighted by molar-refractivity contribution is 6.04. The molecule has 8 nitrogen and oxygen atoms in total. The van der Waals surface area contributed by atoms with Crippen molar-refractivity contribution in [1.82, 2.24) is 5.32 Å². The van der Waals surface area contributed by atoms with Crippen molar-refractivity contribution in [3.05, 3.63) is 59.7 Å². The van der Waals surface area contributed by atoms with E-state index in [2.05, 4.69) is 5.32 Å². The van der Waals surface area contributed by atoms with Gasteiger partial charge in [-0.1, -0.05) is 18.2 Å². The number of fused-ring (bicyclic) bond motifs is 1. The largest absolute Gasteiger partial charge is 0.478 e. The summed E-state index contributed by atoms with van der Waals surface area (Å²) in [6.07, 6.45) is -11.4. The van der Waals surface area contributed by atoms with Gasteiger partial charge in [0, 0.05) is 0 Å². The molecule has 3 atom stereocenters. The Hall–Kier alpha value is -3.76. The Labute approximate surface area is 199 Å². The maximum absolute atomic E-state index is 13.7. The molecule has 2 aromatic rings. The minimum atomic E-state index is -4.94. The first-order valence-electron chi connectivity index (χ1n) is 10.6. The maximum Gasteiger partial charge on any atom is 0.429 e. The van der Waals surface area contributed by atoms with Crippen LogP contribution in [0.4, 0.5) is 18.0 Å². The van der Waals surface area contributed by atoms with Crippen molar-refractivity contribution >= 4 is 17.8 Å². The van der Waals surface area contributed by atoms with E-state index in [0.29, 0.717) is 0 Å². The minimum Gasteiger partial charge on any atom is -0.478 e. The Morgan fingerprint density at radius 3 is 2.31 bits per heavy atom. The Morgan fingerprint density at radius 2 is 1.71 bits per heavy atom. The van der Waals surface area contributed by atoms with E-state index in [1.807, 2.05) is 0 Å². The zero-order valence-electron chi connectivity index (χ0n) is 19.3. The van der Waals surface area contributed by atoms with Gasteiger partial charge < -0.3 is 18.9 Å². The number of alkyl carbamates (subject to hydrolysis) is 1. The van der Waals surface area contributed by atoms with Gasteiger partial charge in [0.2, 0.25) is 18.0 Å². The number of halogens is 3. The van der Waals surface area contributed by atoms with Crippen molar-refractivity contribution in [2.75, 3.05) is 0 Å². The van der Waals surface area contributed by atoms with Crippen LogP contribution in [0.25, 0.3) is 0 Å². The lowest BCUT2D eigenvalue weighted by Crippen LogP contribution is -2.53. The van der Waals surface area contributed by atoms with Crippen molar-refractivity contribution in [3.8, 4) is 11.5 Å². The molecule has 1 amide bonds. The monoisotopic (exact) mass is 495 g/mol. The summed E-state index contributed by atoms with van der Waals surface area (Å²) >= 11 is 0. The summed E-state index contributed by atoms with van der Waals surface area (Å²) in [5.74, 6) is -2.28. The highest BCUT2D eigenvalue weighted by Gasteiger charge is 2.54. The van der Waals surface area contributed by atoms with Crippen LogP contribution >= 0.6 is 0 Å². The molecule has 1 aliphatic heterocycles. The van der Waals surface area contributed by atoms with Crippen LogP contribution < -0.4 is 14.8 Å². The molecule has 35 heavy (non-hydrogen) atoms. The molecule has 0 saturated heterocycles. The van der Waals surface area contributed by atoms with Crippen LogP contribution in [0.15, 0.2) is 48.5 Å². The summed E-state index contributed by atoms with van der Waals surface area (Å²) in [5.41, 5.74) is -1.13. The molecule has 1 aliphatic rings. The molecule has 3 rings (SSSR count). The van der Waals surface area contributed by atoms with Gasteiger partial charge >= 0.3 is 18.2 Å². The lowest BCUT2D eigenvalue weighted by Gasteiger charge is -2.33. The predicted octanol–water partition coefficient (Wildman–Crippen LogP) is 4.67. The van der Waals surface area contributed by atoms with Crippen LogP contribution in [0.1, 0.15) is 48.4 Å². The van der Waals surface area contributed by atoms with E-state index in [1.54, 1.807) is 39.0 Å². The van der Waals surface area contributed by atoms with Crippen LogP contribution in [0.5, 0.6) is 11.5 Å². The van der Waals surface area contributed by atoms with Crippen LogP contribution in [0, 0.1) is 0 Å². The van der Waals surface area contributed by atoms with Gasteiger partial charge in [-0.3, -0.25) is 10.1 Å². The fourth-order valence-corrected chi connectivity index (χ4v) is 3.17. The van der Waals surface area contributed by atoms with E-state index in [1.165, 1.54) is 25.1 Å². The Bertz CT molecular complexity index is 1100. The van der Waals surface area contributed by atoms with E-state index >= 15 is 0 Å². The van der Waals surface area contributed by atoms with Crippen molar-refractivity contribution in [1.29, 1.82) is 0 Å². The zero-order valence-corrected chi connectivity index (χ0v) is 19.3. The summed E-state index contributed by atoms with van der Waals surface area (Å²) in [6, 6.07) is 10.9. The van der Waals surface area contributed by atoms with E-state index < -0.39 is 53.8 Å². The van der Waals surface area contributed by atoms with Crippen molar-refractivity contribution in [2.24, 2.45) is 0 Å². The number of hydrogen-bond donors (Lipinski definition) is 1. The molecule has 3 unspecified atom stereocenters. The van der Waals surface area contributed by atoms with Gasteiger partial charge in [-0.05, 0) is 58.0 Å². The molecule has 0 saturated carbocycles. The summed E-state index contributed by atoms with van der Waals surface area (Å²) in [5, 5.41) is 2.31. The maximum atomic E-state index is 13.7. The van der Waals surface area contributed by atoms with Crippen molar-refractivity contribution in [2.45, 2.75) is 57.9 Å². The number of carbonyl (C=O) groups excluding carboxylic acids is 3. The lowest BCUT2D eigenvalue weighted by molar-refractivity contribution is -0.213. The number of nitrogens with one attached hydrogen (secondary N) is 1. The van der Waals surface area contributed by atoms with E-state index in [-0.39, 0.29) is 16.9 Å². The predicted molar refractivity (Wildman–Crippen MR) is 116 cm³/mol. The van der Waals surface area contributed by atoms with Crippen LogP contribution in [0.2, 0.25) is 0 Å². The van der Waals surface area contributed by atoms with E-state index in [9.17, 15) is 27.6 Å². The number of para-hydroxylation sites is 1. The quantitative estimate of drug-likeness (QED) is 0.475. The summed E-state index contributed by atoms with van der Waals surface area (Å²) in [4.78, 5) is 37.2. The second kappa shape index (κ2) is 9.85. The van der Waals surface area contributed by atoms with E-state index in [4.69, 9.17) is 18.9 Å². The van der Waals surface area contributed by atoms with Gasteiger partial charge in [-0.2, -0.15) is 13.2 Å². The number of benzene rings is 2. The molecule has 0 aromatic heterocycles. The zero-order chi connectivity index (χ0) is 26.0. The molecule has 1 N–H and O–H groups in total. The van der Waals surface area contributed by atoms with Gasteiger partial charge in [0.1, 0.15) is 17.1 Å². The lowest BCUT2D eigenvalue weighted by atomic mass is 9.96. The Kier molecular flexibility index (Phi) is 7.27. The summed E-state index contributed by atoms with van der Waals surface area (Å²) in [7, 11) is 0. The Balaban J connectivity index is 1.78. The molecular formula is C24H24F3NO7. The minimum absolute atomic E-state index is 0.0684. The number of ether oxygens (including phenoxy) is 4. The molecule has 0 fully saturated rings. The summed E-state index contributed by atoms with van der Waals surface area (Å²) < 4.78 is 61.8. The average molecular weight is 495 g/mol. The number of alkyl halides is 3. The summed E-state index contributed by atoms with van der Waals surface area (Å²) in [6.45, 7) is 6.33. The SMILES string of the molecule is CC(NC(=O)OC(C)(C)C)OC(=O)c1ccc2c(c1)OC(C(F)(F)F)C(Oc1ccccc1)C2=O. The highest BCUT2D eigenvalue weighted by Crippen LogP contribution is 2.37. The molecule has 1 heterocycles. The molecule has 0 radical (unpaired) electrons. The third-order valence-corrected chi connectivity index (χ3v) is 4.60. The van der Waals surface area contributed by atoms with Crippen molar-refractivity contribution < 1.29 is 46.5 Å². The first kappa shape index (κ1) is 25.9. The van der Waals surface area contributed by atoms with Gasteiger partial charge in [0.25, 0.3) is 0 Å². The standard InChI is InChI=1S/C24H24F3NO7/c1-13(28-22(31)35-23(2,3)4)32-21(30)14-10-11-16-17(12-14)34-20(24(25,26)27)19(18(16)29)33-15-8-6-5-7-9-15/h5-13,19-20H,1-4H3,(H,28,31). The smallest absolute Gasteiger partial charge is 0.429 e. The molecule has 0 bridgehead atoms. The molecular weight excluding hydrogens is 471 g/mol. The first-order valence-corrected chi connectivity index (χ1v) is 10.6. The molecule has 11 heteroatoms. The number of carbonyl (C=O) groups is 3. The molecule has 188 valence electrons. The number of ketones is 1. The normalized spacial score (nSPS) is 18.5. The van der Waals surface area contributed by atoms with Crippen LogP contribution in [-0.4, -0.2) is 48.1 Å². The van der Waals surface area contributed by atoms with Gasteiger partial charge in [0.05, 0.1) is 11.1 Å². The van der Waals surface area contributed by atoms with Gasteiger partial charge in [-0.25, -0.2) is 9.59 Å². The number of rotatable bonds is 5. The fourth-order valence-electron chi connectivity index (χ4n) is 3.17. The third kappa shape index (κ3) is 6.65. The topological polar surface area (TPSA) is 100 Å². The first-order chi connectivity index (χ1) is 16.2. The second-order valence-electron chi connectivity index (χ2n) is 8.70. The highest BCUT2D eigenvalue weighted by atomic mass is 19.4. The fraction of sp³-hybridized carbons (Fsp3) is 0.375. The average Bonchev–Trinajstić information content (AvgIpc) is 2.73.